The molecule has 0 spiro atoms. The van der Waals surface area contributed by atoms with Gasteiger partial charge in [0.25, 0.3) is 0 Å². The molecular formula is C12H21NO5. The average Bonchev–Trinajstić information content (AvgIpc) is 2.76. The fraction of sp³-hybridized carbons (Fsp3) is 0.833. The molecule has 0 saturated heterocycles. The third-order valence-corrected chi connectivity index (χ3v) is 3.37. The topological polar surface area (TPSA) is 87.1 Å². The first-order valence-corrected chi connectivity index (χ1v) is 6.12. The molecular weight excluding hydrogens is 238 g/mol. The Kier molecular flexibility index (Phi) is 5.55. The molecule has 1 saturated carbocycles. The zero-order valence-electron chi connectivity index (χ0n) is 10.8. The van der Waals surface area contributed by atoms with Crippen molar-refractivity contribution < 1.29 is 24.5 Å². The molecule has 0 bridgehead atoms. The lowest BCUT2D eigenvalue weighted by atomic mass is 9.95. The molecule has 1 fully saturated rings. The predicted molar refractivity (Wildman–Crippen MR) is 64.0 cm³/mol. The summed E-state index contributed by atoms with van der Waals surface area (Å²) in [5.74, 6) is -2.14. The maximum Gasteiger partial charge on any atom is 0.307 e. The molecule has 1 aliphatic rings. The molecule has 1 amide bonds. The van der Waals surface area contributed by atoms with Crippen molar-refractivity contribution in [2.75, 3.05) is 27.3 Å². The largest absolute Gasteiger partial charge is 0.481 e. The Balaban J connectivity index is 2.55. The number of carbonyl (C=O) groups excluding carboxylic acids is 1. The van der Waals surface area contributed by atoms with Crippen LogP contribution in [0.5, 0.6) is 0 Å². The summed E-state index contributed by atoms with van der Waals surface area (Å²) in [6.07, 6.45) is 1.19. The standard InChI is InChI=1S/C12H21NO5/c1-13(6-8(14)7-18-2)11(15)9-4-3-5-10(9)12(16)17/h8-10,14H,3-7H2,1-2H3,(H,16,17). The molecule has 104 valence electrons. The highest BCUT2D eigenvalue weighted by Crippen LogP contribution is 2.33. The summed E-state index contributed by atoms with van der Waals surface area (Å²) in [6.45, 7) is 0.320. The molecule has 0 aliphatic heterocycles. The van der Waals surface area contributed by atoms with Crippen LogP contribution in [0, 0.1) is 11.8 Å². The van der Waals surface area contributed by atoms with Crippen LogP contribution in [-0.4, -0.2) is 60.4 Å². The van der Waals surface area contributed by atoms with E-state index in [9.17, 15) is 14.7 Å². The van der Waals surface area contributed by atoms with Crippen LogP contribution in [-0.2, 0) is 14.3 Å². The Morgan fingerprint density at radius 3 is 2.56 bits per heavy atom. The van der Waals surface area contributed by atoms with Crippen LogP contribution in [0.15, 0.2) is 0 Å². The third-order valence-electron chi connectivity index (χ3n) is 3.37. The van der Waals surface area contributed by atoms with Crippen LogP contribution in [0.2, 0.25) is 0 Å². The van der Waals surface area contributed by atoms with Gasteiger partial charge in [-0.05, 0) is 12.8 Å². The number of hydrogen-bond donors (Lipinski definition) is 2. The van der Waals surface area contributed by atoms with Crippen molar-refractivity contribution in [3.63, 3.8) is 0 Å². The van der Waals surface area contributed by atoms with Gasteiger partial charge in [-0.2, -0.15) is 0 Å². The lowest BCUT2D eigenvalue weighted by Crippen LogP contribution is -2.41. The van der Waals surface area contributed by atoms with Crippen molar-refractivity contribution in [2.45, 2.75) is 25.4 Å². The van der Waals surface area contributed by atoms with Gasteiger partial charge in [-0.3, -0.25) is 9.59 Å². The van der Waals surface area contributed by atoms with Gasteiger partial charge in [-0.15, -0.1) is 0 Å². The molecule has 0 aromatic heterocycles. The summed E-state index contributed by atoms with van der Waals surface area (Å²) in [4.78, 5) is 24.5. The summed E-state index contributed by atoms with van der Waals surface area (Å²) >= 11 is 0. The highest BCUT2D eigenvalue weighted by Gasteiger charge is 2.39. The highest BCUT2D eigenvalue weighted by molar-refractivity contribution is 5.85. The van der Waals surface area contributed by atoms with Gasteiger partial charge in [0.1, 0.15) is 0 Å². The Hall–Kier alpha value is -1.14. The molecule has 6 heteroatoms. The molecule has 3 unspecified atom stereocenters. The van der Waals surface area contributed by atoms with Gasteiger partial charge in [-0.25, -0.2) is 0 Å². The number of carboxylic acids is 1. The van der Waals surface area contributed by atoms with Crippen LogP contribution < -0.4 is 0 Å². The minimum absolute atomic E-state index is 0.157. The first kappa shape index (κ1) is 14.9. The summed E-state index contributed by atoms with van der Waals surface area (Å²) < 4.78 is 4.79. The maximum absolute atomic E-state index is 12.1. The Bertz CT molecular complexity index is 307. The van der Waals surface area contributed by atoms with Gasteiger partial charge in [0.05, 0.1) is 24.5 Å². The van der Waals surface area contributed by atoms with E-state index in [1.165, 1.54) is 12.0 Å². The minimum atomic E-state index is -0.906. The summed E-state index contributed by atoms with van der Waals surface area (Å²) in [6, 6.07) is 0. The number of likely N-dealkylation sites (N-methyl/N-ethyl adjacent to an activating group) is 1. The van der Waals surface area contributed by atoms with Gasteiger partial charge in [0.2, 0.25) is 5.91 Å². The molecule has 1 rings (SSSR count). The van der Waals surface area contributed by atoms with Crippen molar-refractivity contribution in [3.8, 4) is 0 Å². The number of aliphatic carboxylic acids is 1. The zero-order chi connectivity index (χ0) is 13.7. The number of aliphatic hydroxyl groups excluding tert-OH is 1. The van der Waals surface area contributed by atoms with Crippen molar-refractivity contribution in [1.82, 2.24) is 4.90 Å². The number of aliphatic hydroxyl groups is 1. The van der Waals surface area contributed by atoms with Crippen LogP contribution in [0.3, 0.4) is 0 Å². The van der Waals surface area contributed by atoms with E-state index in [4.69, 9.17) is 9.84 Å². The Morgan fingerprint density at radius 1 is 1.39 bits per heavy atom. The first-order valence-electron chi connectivity index (χ1n) is 6.12. The van der Waals surface area contributed by atoms with E-state index in [0.29, 0.717) is 12.8 Å². The molecule has 0 heterocycles. The zero-order valence-corrected chi connectivity index (χ0v) is 10.8. The van der Waals surface area contributed by atoms with E-state index in [-0.39, 0.29) is 19.1 Å². The summed E-state index contributed by atoms with van der Waals surface area (Å²) in [7, 11) is 3.06. The number of carbonyl (C=O) groups is 2. The predicted octanol–water partition coefficient (Wildman–Crippen LogP) is -0.0470. The molecule has 2 N–H and O–H groups in total. The van der Waals surface area contributed by atoms with Crippen LogP contribution in [0.4, 0.5) is 0 Å². The number of hydrogen-bond acceptors (Lipinski definition) is 4. The second-order valence-electron chi connectivity index (χ2n) is 4.81. The molecule has 1 aliphatic carbocycles. The Labute approximate surface area is 107 Å². The fourth-order valence-electron chi connectivity index (χ4n) is 2.49. The third kappa shape index (κ3) is 3.68. The molecule has 0 aromatic carbocycles. The van der Waals surface area contributed by atoms with Crippen LogP contribution in [0.1, 0.15) is 19.3 Å². The van der Waals surface area contributed by atoms with E-state index in [1.807, 2.05) is 0 Å². The molecule has 6 nitrogen and oxygen atoms in total. The highest BCUT2D eigenvalue weighted by atomic mass is 16.5. The quantitative estimate of drug-likeness (QED) is 0.698. The van der Waals surface area contributed by atoms with Crippen molar-refractivity contribution in [3.05, 3.63) is 0 Å². The number of nitrogens with zero attached hydrogens (tertiary/aromatic N) is 1. The van der Waals surface area contributed by atoms with Crippen molar-refractivity contribution in [2.24, 2.45) is 11.8 Å². The number of rotatable bonds is 6. The van der Waals surface area contributed by atoms with E-state index >= 15 is 0 Å². The number of ether oxygens (including phenoxy) is 1. The van der Waals surface area contributed by atoms with Gasteiger partial charge in [0.15, 0.2) is 0 Å². The van der Waals surface area contributed by atoms with Gasteiger partial charge < -0.3 is 19.8 Å². The second-order valence-corrected chi connectivity index (χ2v) is 4.81. The van der Waals surface area contributed by atoms with E-state index in [1.54, 1.807) is 7.05 Å². The molecule has 18 heavy (non-hydrogen) atoms. The van der Waals surface area contributed by atoms with E-state index in [0.717, 1.165) is 6.42 Å². The van der Waals surface area contributed by atoms with Crippen molar-refractivity contribution in [1.29, 1.82) is 0 Å². The maximum atomic E-state index is 12.1. The fourth-order valence-corrected chi connectivity index (χ4v) is 2.49. The van der Waals surface area contributed by atoms with Crippen molar-refractivity contribution >= 4 is 11.9 Å². The van der Waals surface area contributed by atoms with Gasteiger partial charge in [-0.1, -0.05) is 6.42 Å². The lowest BCUT2D eigenvalue weighted by molar-refractivity contribution is -0.149. The lowest BCUT2D eigenvalue weighted by Gasteiger charge is -2.25. The number of amides is 1. The normalized spacial score (nSPS) is 24.8. The average molecular weight is 259 g/mol. The Morgan fingerprint density at radius 2 is 2.00 bits per heavy atom. The minimum Gasteiger partial charge on any atom is -0.481 e. The number of carboxylic acid groups (broad SMARTS) is 1. The van der Waals surface area contributed by atoms with E-state index < -0.39 is 23.9 Å². The monoisotopic (exact) mass is 259 g/mol. The SMILES string of the molecule is COCC(O)CN(C)C(=O)C1CCCC1C(=O)O. The summed E-state index contributed by atoms with van der Waals surface area (Å²) in [5.41, 5.74) is 0. The first-order chi connectivity index (χ1) is 8.47. The smallest absolute Gasteiger partial charge is 0.307 e. The summed E-state index contributed by atoms with van der Waals surface area (Å²) in [5, 5.41) is 18.6. The molecule has 3 atom stereocenters. The number of methoxy groups -OCH3 is 1. The van der Waals surface area contributed by atoms with Gasteiger partial charge in [0, 0.05) is 20.7 Å². The molecule has 0 radical (unpaired) electrons. The molecule has 0 aromatic rings. The van der Waals surface area contributed by atoms with E-state index in [2.05, 4.69) is 0 Å². The van der Waals surface area contributed by atoms with Crippen LogP contribution >= 0.6 is 0 Å². The van der Waals surface area contributed by atoms with Gasteiger partial charge >= 0.3 is 5.97 Å². The second kappa shape index (κ2) is 6.70. The van der Waals surface area contributed by atoms with Crippen LogP contribution in [0.25, 0.3) is 0 Å².